The molecule has 2 aromatic heterocycles. The Bertz CT molecular complexity index is 460. The van der Waals surface area contributed by atoms with Crippen LogP contribution in [0.5, 0.6) is 0 Å². The maximum atomic E-state index is 4.07. The van der Waals surface area contributed by atoms with E-state index in [2.05, 4.69) is 26.9 Å². The van der Waals surface area contributed by atoms with Gasteiger partial charge in [0.15, 0.2) is 5.65 Å². The highest BCUT2D eigenvalue weighted by molar-refractivity contribution is 5.69. The molecule has 0 unspecified atom stereocenters. The van der Waals surface area contributed by atoms with Crippen LogP contribution in [0, 0.1) is 12.0 Å². The molecule has 0 aromatic carbocycles. The van der Waals surface area contributed by atoms with E-state index in [9.17, 15) is 0 Å². The second-order valence-corrected chi connectivity index (χ2v) is 2.21. The van der Waals surface area contributed by atoms with Crippen LogP contribution in [0.4, 0.5) is 0 Å². The van der Waals surface area contributed by atoms with Gasteiger partial charge in [-0.25, -0.2) is 19.5 Å². The maximum absolute atomic E-state index is 4.07. The molecule has 0 saturated carbocycles. The van der Waals surface area contributed by atoms with Crippen LogP contribution < -0.4 is 0 Å². The van der Waals surface area contributed by atoms with Gasteiger partial charge in [-0.15, -0.1) is 0 Å². The minimum absolute atomic E-state index is 0.749. The Morgan fingerprint density at radius 3 is 3.17 bits per heavy atom. The number of hydrogen-bond acceptors (Lipinski definition) is 3. The van der Waals surface area contributed by atoms with Crippen molar-refractivity contribution in [3.05, 3.63) is 18.9 Å². The summed E-state index contributed by atoms with van der Waals surface area (Å²) in [5.74, 6) is 2.77. The first kappa shape index (κ1) is 6.80. The van der Waals surface area contributed by atoms with Gasteiger partial charge in [-0.1, -0.05) is 5.92 Å². The monoisotopic (exact) mass is 158 g/mol. The molecule has 2 aromatic rings. The Labute approximate surface area is 69.3 Å². The number of hydrogen-bond donors (Lipinski definition) is 0. The van der Waals surface area contributed by atoms with E-state index in [1.54, 1.807) is 24.0 Å². The van der Waals surface area contributed by atoms with Crippen LogP contribution >= 0.6 is 0 Å². The van der Waals surface area contributed by atoms with Crippen molar-refractivity contribution in [2.45, 2.75) is 6.92 Å². The molecule has 0 bridgehead atoms. The number of aromatic nitrogens is 4. The van der Waals surface area contributed by atoms with Crippen molar-refractivity contribution in [1.82, 2.24) is 19.5 Å². The van der Waals surface area contributed by atoms with Gasteiger partial charge >= 0.3 is 0 Å². The predicted molar refractivity (Wildman–Crippen MR) is 44.2 cm³/mol. The molecule has 0 aliphatic heterocycles. The van der Waals surface area contributed by atoms with Crippen molar-refractivity contribution >= 4 is 11.2 Å². The molecule has 0 fully saturated rings. The lowest BCUT2D eigenvalue weighted by molar-refractivity contribution is 1.10. The SMILES string of the molecule is CC#Cn1cnc2cncnc21. The second kappa shape index (κ2) is 2.62. The standard InChI is InChI=1S/C8H6N4/c1-2-3-12-6-11-7-4-9-5-10-8(7)12/h4-6H,1H3. The van der Waals surface area contributed by atoms with Crippen molar-refractivity contribution in [3.8, 4) is 12.0 Å². The Balaban J connectivity index is 2.76. The third kappa shape index (κ3) is 0.920. The molecule has 4 nitrogen and oxygen atoms in total. The van der Waals surface area contributed by atoms with Gasteiger partial charge in [0.1, 0.15) is 18.2 Å². The highest BCUT2D eigenvalue weighted by atomic mass is 15.1. The molecule has 2 heterocycles. The molecule has 4 heteroatoms. The van der Waals surface area contributed by atoms with E-state index < -0.39 is 0 Å². The third-order valence-electron chi connectivity index (χ3n) is 1.45. The maximum Gasteiger partial charge on any atom is 0.175 e. The Morgan fingerprint density at radius 1 is 1.42 bits per heavy atom. The number of nitrogens with zero attached hydrogens (tertiary/aromatic N) is 4. The topological polar surface area (TPSA) is 43.6 Å². The first-order chi connectivity index (χ1) is 5.92. The number of fused-ring (bicyclic) bond motifs is 1. The average molecular weight is 158 g/mol. The molecule has 0 atom stereocenters. The summed E-state index contributed by atoms with van der Waals surface area (Å²) in [7, 11) is 0. The fraction of sp³-hybridized carbons (Fsp3) is 0.125. The van der Waals surface area contributed by atoms with Crippen LogP contribution in [-0.4, -0.2) is 19.5 Å². The van der Waals surface area contributed by atoms with Gasteiger partial charge in [0.2, 0.25) is 0 Å². The van der Waals surface area contributed by atoms with Gasteiger partial charge in [0, 0.05) is 6.04 Å². The molecule has 0 saturated heterocycles. The summed E-state index contributed by atoms with van der Waals surface area (Å²) in [4.78, 5) is 12.0. The van der Waals surface area contributed by atoms with Gasteiger partial charge in [-0.2, -0.15) is 0 Å². The summed E-state index contributed by atoms with van der Waals surface area (Å²) in [6, 6.07) is 2.84. The summed E-state index contributed by atoms with van der Waals surface area (Å²) in [6.07, 6.45) is 4.78. The van der Waals surface area contributed by atoms with Crippen molar-refractivity contribution in [2.75, 3.05) is 0 Å². The number of imidazole rings is 1. The third-order valence-corrected chi connectivity index (χ3v) is 1.45. The van der Waals surface area contributed by atoms with E-state index in [0.29, 0.717) is 0 Å². The van der Waals surface area contributed by atoms with Gasteiger partial charge in [0.05, 0.1) is 6.20 Å². The molecule has 0 aliphatic rings. The molecule has 0 aliphatic carbocycles. The normalized spacial score (nSPS) is 9.42. The molecule has 12 heavy (non-hydrogen) atoms. The lowest BCUT2D eigenvalue weighted by Crippen LogP contribution is -1.87. The van der Waals surface area contributed by atoms with Gasteiger partial charge < -0.3 is 0 Å². The average Bonchev–Trinajstić information content (AvgIpc) is 2.50. The summed E-state index contributed by atoms with van der Waals surface area (Å²) in [6.45, 7) is 1.77. The Morgan fingerprint density at radius 2 is 2.33 bits per heavy atom. The first-order valence-corrected chi connectivity index (χ1v) is 3.47. The smallest absolute Gasteiger partial charge is 0.175 e. The van der Waals surface area contributed by atoms with E-state index in [4.69, 9.17) is 0 Å². The predicted octanol–water partition coefficient (Wildman–Crippen LogP) is 0.655. The zero-order chi connectivity index (χ0) is 8.39. The van der Waals surface area contributed by atoms with Gasteiger partial charge in [0.25, 0.3) is 0 Å². The van der Waals surface area contributed by atoms with Crippen LogP contribution in [0.2, 0.25) is 0 Å². The minimum atomic E-state index is 0.749. The van der Waals surface area contributed by atoms with Crippen molar-refractivity contribution < 1.29 is 0 Å². The van der Waals surface area contributed by atoms with E-state index in [-0.39, 0.29) is 0 Å². The Hall–Kier alpha value is -1.89. The molecule has 2 rings (SSSR count). The molecule has 0 amide bonds. The molecular formula is C8H6N4. The lowest BCUT2D eigenvalue weighted by atomic mass is 10.5. The van der Waals surface area contributed by atoms with E-state index in [1.165, 1.54) is 6.33 Å². The first-order valence-electron chi connectivity index (χ1n) is 3.47. The van der Waals surface area contributed by atoms with Crippen LogP contribution in [0.25, 0.3) is 11.2 Å². The molecule has 0 N–H and O–H groups in total. The van der Waals surface area contributed by atoms with Gasteiger partial charge in [-0.05, 0) is 6.92 Å². The van der Waals surface area contributed by atoms with Crippen LogP contribution in [0.1, 0.15) is 6.92 Å². The fourth-order valence-corrected chi connectivity index (χ4v) is 0.969. The van der Waals surface area contributed by atoms with Crippen LogP contribution in [-0.2, 0) is 0 Å². The quantitative estimate of drug-likeness (QED) is 0.529. The van der Waals surface area contributed by atoms with Crippen LogP contribution in [0.15, 0.2) is 18.9 Å². The fourth-order valence-electron chi connectivity index (χ4n) is 0.969. The summed E-state index contributed by atoms with van der Waals surface area (Å²) >= 11 is 0. The summed E-state index contributed by atoms with van der Waals surface area (Å²) in [5.41, 5.74) is 1.51. The highest BCUT2D eigenvalue weighted by Crippen LogP contribution is 2.04. The summed E-state index contributed by atoms with van der Waals surface area (Å²) < 4.78 is 1.68. The van der Waals surface area contributed by atoms with Gasteiger partial charge in [-0.3, -0.25) is 0 Å². The summed E-state index contributed by atoms with van der Waals surface area (Å²) in [5, 5.41) is 0. The van der Waals surface area contributed by atoms with Crippen molar-refractivity contribution in [3.63, 3.8) is 0 Å². The molecule has 58 valence electrons. The largest absolute Gasteiger partial charge is 0.242 e. The minimum Gasteiger partial charge on any atom is -0.242 e. The molecule has 0 spiro atoms. The van der Waals surface area contributed by atoms with E-state index in [1.807, 2.05) is 0 Å². The molecule has 0 radical (unpaired) electrons. The van der Waals surface area contributed by atoms with E-state index in [0.717, 1.165) is 11.2 Å². The van der Waals surface area contributed by atoms with Crippen molar-refractivity contribution in [2.24, 2.45) is 0 Å². The number of rotatable bonds is 0. The zero-order valence-electron chi connectivity index (χ0n) is 6.52. The zero-order valence-corrected chi connectivity index (χ0v) is 6.52. The van der Waals surface area contributed by atoms with E-state index >= 15 is 0 Å². The van der Waals surface area contributed by atoms with Crippen LogP contribution in [0.3, 0.4) is 0 Å². The second-order valence-electron chi connectivity index (χ2n) is 2.21. The Kier molecular flexibility index (Phi) is 1.49. The van der Waals surface area contributed by atoms with Crippen molar-refractivity contribution in [1.29, 1.82) is 0 Å². The molecular weight excluding hydrogens is 152 g/mol. The lowest BCUT2D eigenvalue weighted by Gasteiger charge is -1.88. The highest BCUT2D eigenvalue weighted by Gasteiger charge is 1.99.